The molecule has 0 heterocycles. The molecule has 2 rings (SSSR count). The molecule has 1 aromatic carbocycles. The maximum absolute atomic E-state index is 8.87. The van der Waals surface area contributed by atoms with Gasteiger partial charge in [-0.1, -0.05) is 49.3 Å². The van der Waals surface area contributed by atoms with Crippen LogP contribution in [-0.4, -0.2) is 0 Å². The highest BCUT2D eigenvalue weighted by Gasteiger charge is 2.20. The SMILES string of the molecule is CCC/C(C)=C/C=C/C1CCC(c2ccc(C#N)cc2)CC1. The maximum atomic E-state index is 8.87. The predicted octanol–water partition coefficient (Wildman–Crippen LogP) is 6.13. The van der Waals surface area contributed by atoms with Crippen LogP contribution in [0.2, 0.25) is 0 Å². The molecule has 0 N–H and O–H groups in total. The highest BCUT2D eigenvalue weighted by Crippen LogP contribution is 2.36. The molecule has 0 unspecified atom stereocenters. The molecular formula is C21H27N. The van der Waals surface area contributed by atoms with E-state index < -0.39 is 0 Å². The Morgan fingerprint density at radius 1 is 1.18 bits per heavy atom. The van der Waals surface area contributed by atoms with Crippen LogP contribution in [0.1, 0.15) is 69.4 Å². The zero-order valence-electron chi connectivity index (χ0n) is 13.9. The lowest BCUT2D eigenvalue weighted by atomic mass is 9.78. The van der Waals surface area contributed by atoms with Crippen LogP contribution >= 0.6 is 0 Å². The first kappa shape index (κ1) is 16.6. The molecule has 1 aromatic rings. The van der Waals surface area contributed by atoms with Gasteiger partial charge >= 0.3 is 0 Å². The summed E-state index contributed by atoms with van der Waals surface area (Å²) < 4.78 is 0. The van der Waals surface area contributed by atoms with Crippen molar-refractivity contribution in [2.24, 2.45) is 5.92 Å². The van der Waals surface area contributed by atoms with Gasteiger partial charge in [0.2, 0.25) is 0 Å². The van der Waals surface area contributed by atoms with Gasteiger partial charge in [0.1, 0.15) is 0 Å². The second-order valence-corrected chi connectivity index (χ2v) is 6.49. The summed E-state index contributed by atoms with van der Waals surface area (Å²) in [5, 5.41) is 8.87. The number of rotatable bonds is 5. The molecule has 0 aliphatic heterocycles. The minimum absolute atomic E-state index is 0.676. The Balaban J connectivity index is 1.83. The van der Waals surface area contributed by atoms with Gasteiger partial charge in [0.25, 0.3) is 0 Å². The lowest BCUT2D eigenvalue weighted by molar-refractivity contribution is 0.376. The van der Waals surface area contributed by atoms with Crippen LogP contribution in [0.3, 0.4) is 0 Å². The molecule has 116 valence electrons. The Labute approximate surface area is 135 Å². The van der Waals surface area contributed by atoms with Crippen LogP contribution in [0.15, 0.2) is 48.1 Å². The first-order valence-corrected chi connectivity index (χ1v) is 8.57. The van der Waals surface area contributed by atoms with Gasteiger partial charge in [-0.15, -0.1) is 0 Å². The van der Waals surface area contributed by atoms with Crippen molar-refractivity contribution in [1.29, 1.82) is 5.26 Å². The van der Waals surface area contributed by atoms with Crippen molar-refractivity contribution in [3.8, 4) is 6.07 Å². The van der Waals surface area contributed by atoms with Crippen LogP contribution in [0, 0.1) is 17.2 Å². The van der Waals surface area contributed by atoms with Crippen molar-refractivity contribution in [2.75, 3.05) is 0 Å². The first-order chi connectivity index (χ1) is 10.7. The van der Waals surface area contributed by atoms with Gasteiger partial charge < -0.3 is 0 Å². The Hall–Kier alpha value is -1.81. The fraction of sp³-hybridized carbons (Fsp3) is 0.476. The van der Waals surface area contributed by atoms with E-state index in [4.69, 9.17) is 5.26 Å². The van der Waals surface area contributed by atoms with Crippen LogP contribution in [0.5, 0.6) is 0 Å². The Kier molecular flexibility index (Phi) is 6.46. The molecule has 0 amide bonds. The van der Waals surface area contributed by atoms with Gasteiger partial charge in [-0.2, -0.15) is 5.26 Å². The van der Waals surface area contributed by atoms with Crippen molar-refractivity contribution in [3.63, 3.8) is 0 Å². The predicted molar refractivity (Wildman–Crippen MR) is 93.7 cm³/mol. The van der Waals surface area contributed by atoms with E-state index >= 15 is 0 Å². The smallest absolute Gasteiger partial charge is 0.0991 e. The number of nitriles is 1. The molecule has 1 nitrogen and oxygen atoms in total. The van der Waals surface area contributed by atoms with E-state index in [-0.39, 0.29) is 0 Å². The topological polar surface area (TPSA) is 23.8 Å². The maximum Gasteiger partial charge on any atom is 0.0991 e. The van der Waals surface area contributed by atoms with Gasteiger partial charge in [-0.3, -0.25) is 0 Å². The fourth-order valence-electron chi connectivity index (χ4n) is 3.33. The lowest BCUT2D eigenvalue weighted by Crippen LogP contribution is -2.11. The number of allylic oxidation sites excluding steroid dienone is 4. The average Bonchev–Trinajstić information content (AvgIpc) is 2.56. The largest absolute Gasteiger partial charge is 0.192 e. The third-order valence-electron chi connectivity index (χ3n) is 4.69. The van der Waals surface area contributed by atoms with Gasteiger partial charge in [0.05, 0.1) is 11.6 Å². The van der Waals surface area contributed by atoms with Gasteiger partial charge in [-0.25, -0.2) is 0 Å². The van der Waals surface area contributed by atoms with Crippen molar-refractivity contribution in [3.05, 3.63) is 59.2 Å². The van der Waals surface area contributed by atoms with Crippen molar-refractivity contribution in [1.82, 2.24) is 0 Å². The van der Waals surface area contributed by atoms with Crippen LogP contribution in [0.4, 0.5) is 0 Å². The highest BCUT2D eigenvalue weighted by molar-refractivity contribution is 5.33. The summed E-state index contributed by atoms with van der Waals surface area (Å²) >= 11 is 0. The normalized spacial score (nSPS) is 22.7. The average molecular weight is 293 g/mol. The Morgan fingerprint density at radius 3 is 2.45 bits per heavy atom. The number of benzene rings is 1. The third-order valence-corrected chi connectivity index (χ3v) is 4.69. The molecular weight excluding hydrogens is 266 g/mol. The Morgan fingerprint density at radius 2 is 1.86 bits per heavy atom. The second-order valence-electron chi connectivity index (χ2n) is 6.49. The highest BCUT2D eigenvalue weighted by atomic mass is 14.3. The summed E-state index contributed by atoms with van der Waals surface area (Å²) in [4.78, 5) is 0. The molecule has 0 atom stereocenters. The summed E-state index contributed by atoms with van der Waals surface area (Å²) in [6, 6.07) is 10.4. The molecule has 1 saturated carbocycles. The minimum atomic E-state index is 0.676. The second kappa shape index (κ2) is 8.59. The monoisotopic (exact) mass is 293 g/mol. The molecule has 0 radical (unpaired) electrons. The number of nitrogens with zero attached hydrogens (tertiary/aromatic N) is 1. The van der Waals surface area contributed by atoms with E-state index in [9.17, 15) is 0 Å². The summed E-state index contributed by atoms with van der Waals surface area (Å²) in [7, 11) is 0. The zero-order chi connectivity index (χ0) is 15.8. The molecule has 1 fully saturated rings. The standard InChI is InChI=1S/C21H27N/c1-3-5-17(2)6-4-7-18-8-12-20(13-9-18)21-14-10-19(16-22)11-15-21/h4,6-7,10-11,14-15,18,20H,3,5,8-9,12-13H2,1-2H3/b7-4+,17-6+. The van der Waals surface area contributed by atoms with Crippen molar-refractivity contribution < 1.29 is 0 Å². The van der Waals surface area contributed by atoms with Crippen molar-refractivity contribution >= 4 is 0 Å². The summed E-state index contributed by atoms with van der Waals surface area (Å²) in [5.41, 5.74) is 3.64. The fourth-order valence-corrected chi connectivity index (χ4v) is 3.33. The molecule has 1 aliphatic carbocycles. The first-order valence-electron chi connectivity index (χ1n) is 8.57. The lowest BCUT2D eigenvalue weighted by Gasteiger charge is -2.27. The van der Waals surface area contributed by atoms with Gasteiger partial charge in [0, 0.05) is 0 Å². The van der Waals surface area contributed by atoms with E-state index in [1.165, 1.54) is 49.7 Å². The summed E-state index contributed by atoms with van der Waals surface area (Å²) in [5.74, 6) is 1.41. The molecule has 0 aromatic heterocycles. The molecule has 0 spiro atoms. The third kappa shape index (κ3) is 4.88. The van der Waals surface area contributed by atoms with E-state index in [0.717, 1.165) is 11.5 Å². The van der Waals surface area contributed by atoms with Crippen LogP contribution in [0.25, 0.3) is 0 Å². The molecule has 1 aliphatic rings. The van der Waals surface area contributed by atoms with Crippen molar-refractivity contribution in [2.45, 2.75) is 58.3 Å². The quantitative estimate of drug-likeness (QED) is 0.599. The van der Waals surface area contributed by atoms with E-state index in [0.29, 0.717) is 5.92 Å². The van der Waals surface area contributed by atoms with E-state index in [2.05, 4.69) is 50.3 Å². The van der Waals surface area contributed by atoms with Crippen LogP contribution < -0.4 is 0 Å². The molecule has 0 bridgehead atoms. The summed E-state index contributed by atoms with van der Waals surface area (Å²) in [6.45, 7) is 4.45. The molecule has 22 heavy (non-hydrogen) atoms. The van der Waals surface area contributed by atoms with E-state index in [1.807, 2.05) is 12.1 Å². The van der Waals surface area contributed by atoms with Gasteiger partial charge in [0.15, 0.2) is 0 Å². The number of hydrogen-bond acceptors (Lipinski definition) is 1. The molecule has 0 saturated heterocycles. The minimum Gasteiger partial charge on any atom is -0.192 e. The number of hydrogen-bond donors (Lipinski definition) is 0. The van der Waals surface area contributed by atoms with Crippen LogP contribution in [-0.2, 0) is 0 Å². The Bertz CT molecular complexity index is 549. The zero-order valence-corrected chi connectivity index (χ0v) is 13.9. The van der Waals surface area contributed by atoms with E-state index in [1.54, 1.807) is 0 Å². The molecule has 1 heteroatoms. The van der Waals surface area contributed by atoms with Gasteiger partial charge in [-0.05, 0) is 68.6 Å². The summed E-state index contributed by atoms with van der Waals surface area (Å²) in [6.07, 6.45) is 14.4.